The molecule has 1 heterocycles. The number of benzene rings is 1. The molecule has 0 bridgehead atoms. The molecule has 2 aromatic rings. The Labute approximate surface area is 83.5 Å². The van der Waals surface area contributed by atoms with E-state index in [-0.39, 0.29) is 17.2 Å². The number of aromatic amines is 1. The predicted octanol–water partition coefficient (Wildman–Crippen LogP) is 1.54. The van der Waals surface area contributed by atoms with Crippen molar-refractivity contribution in [3.8, 4) is 0 Å². The molecule has 1 aromatic carbocycles. The second-order valence-corrected chi connectivity index (χ2v) is 3.02. The molecule has 5 heteroatoms. The highest BCUT2D eigenvalue weighted by Gasteiger charge is 2.12. The number of carbonyl (C=O) groups excluding carboxylic acids is 1. The fourth-order valence-electron chi connectivity index (χ4n) is 1.27. The lowest BCUT2D eigenvalue weighted by Crippen LogP contribution is -2.00. The van der Waals surface area contributed by atoms with E-state index >= 15 is 0 Å². The van der Waals surface area contributed by atoms with E-state index in [0.717, 1.165) is 0 Å². The van der Waals surface area contributed by atoms with Crippen LogP contribution in [0.1, 0.15) is 10.4 Å². The largest absolute Gasteiger partial charge is 0.417 e. The highest BCUT2D eigenvalue weighted by atomic mass is 35.5. The number of hydrogen-bond acceptors (Lipinski definition) is 3. The van der Waals surface area contributed by atoms with Gasteiger partial charge in [-0.05, 0) is 12.1 Å². The van der Waals surface area contributed by atoms with Crippen molar-refractivity contribution in [1.29, 1.82) is 0 Å². The van der Waals surface area contributed by atoms with Crippen LogP contribution in [0.5, 0.6) is 0 Å². The highest BCUT2D eigenvalue weighted by Crippen LogP contribution is 2.16. The van der Waals surface area contributed by atoms with Gasteiger partial charge in [-0.1, -0.05) is 6.07 Å². The minimum Gasteiger partial charge on any atom is -0.407 e. The molecule has 0 spiro atoms. The van der Waals surface area contributed by atoms with Crippen molar-refractivity contribution in [3.05, 3.63) is 34.3 Å². The molecule has 0 aliphatic rings. The Hall–Kier alpha value is -1.55. The molecule has 0 saturated heterocycles. The number of H-pyrrole nitrogens is 1. The number of halogens is 1. The first-order valence-electron chi connectivity index (χ1n) is 3.93. The van der Waals surface area contributed by atoms with Crippen LogP contribution in [-0.4, -0.2) is 16.6 Å². The molecule has 0 atom stereocenters. The molecule has 0 aliphatic carbocycles. The van der Waals surface area contributed by atoms with Gasteiger partial charge < -0.3 is 4.42 Å². The van der Waals surface area contributed by atoms with Crippen LogP contribution in [0.4, 0.5) is 0 Å². The quantitative estimate of drug-likeness (QED) is 0.606. The molecular formula is C9H6ClNO3. The van der Waals surface area contributed by atoms with Crippen molar-refractivity contribution in [1.82, 2.24) is 4.98 Å². The van der Waals surface area contributed by atoms with E-state index in [1.807, 2.05) is 0 Å². The molecule has 1 N–H and O–H groups in total. The summed E-state index contributed by atoms with van der Waals surface area (Å²) in [5, 5.41) is 0. The van der Waals surface area contributed by atoms with Crippen molar-refractivity contribution < 1.29 is 9.21 Å². The van der Waals surface area contributed by atoms with E-state index in [2.05, 4.69) is 4.98 Å². The molecule has 4 nitrogen and oxygen atoms in total. The number of carbonyl (C=O) groups is 1. The molecule has 2 rings (SSSR count). The van der Waals surface area contributed by atoms with Crippen molar-refractivity contribution in [2.75, 3.05) is 5.88 Å². The van der Waals surface area contributed by atoms with Gasteiger partial charge in [0.15, 0.2) is 11.4 Å². The molecule has 0 saturated carbocycles. The first-order valence-corrected chi connectivity index (χ1v) is 4.47. The highest BCUT2D eigenvalue weighted by molar-refractivity contribution is 6.31. The maximum Gasteiger partial charge on any atom is 0.417 e. The SMILES string of the molecule is O=C(CCl)c1cccc2[nH]c(=O)oc12. The lowest BCUT2D eigenvalue weighted by molar-refractivity contribution is 0.102. The summed E-state index contributed by atoms with van der Waals surface area (Å²) in [7, 11) is 0. The van der Waals surface area contributed by atoms with Gasteiger partial charge in [-0.15, -0.1) is 11.6 Å². The first kappa shape index (κ1) is 9.02. The zero-order valence-electron chi connectivity index (χ0n) is 7.04. The zero-order valence-corrected chi connectivity index (χ0v) is 7.80. The Morgan fingerprint density at radius 1 is 1.50 bits per heavy atom. The third-order valence-corrected chi connectivity index (χ3v) is 2.11. The van der Waals surface area contributed by atoms with Gasteiger partial charge in [0.25, 0.3) is 0 Å². The van der Waals surface area contributed by atoms with Crippen LogP contribution in [0.2, 0.25) is 0 Å². The minimum atomic E-state index is -0.574. The van der Waals surface area contributed by atoms with E-state index in [1.54, 1.807) is 18.2 Å². The van der Waals surface area contributed by atoms with Gasteiger partial charge in [0.1, 0.15) is 0 Å². The number of fused-ring (bicyclic) bond motifs is 1. The van der Waals surface area contributed by atoms with Crippen molar-refractivity contribution in [3.63, 3.8) is 0 Å². The molecular weight excluding hydrogens is 206 g/mol. The number of Topliss-reactive ketones (excluding diaryl/α,β-unsaturated/α-hetero) is 1. The number of aromatic nitrogens is 1. The van der Waals surface area contributed by atoms with E-state index < -0.39 is 5.76 Å². The maximum atomic E-state index is 11.3. The van der Waals surface area contributed by atoms with Crippen LogP contribution in [0.3, 0.4) is 0 Å². The van der Waals surface area contributed by atoms with Gasteiger partial charge in [0, 0.05) is 0 Å². The molecule has 14 heavy (non-hydrogen) atoms. The number of rotatable bonds is 2. The Balaban J connectivity index is 2.76. The Bertz CT molecular complexity index is 540. The molecule has 1 aromatic heterocycles. The van der Waals surface area contributed by atoms with Crippen LogP contribution in [0, 0.1) is 0 Å². The second kappa shape index (κ2) is 3.31. The number of ketones is 1. The average molecular weight is 212 g/mol. The van der Waals surface area contributed by atoms with Crippen molar-refractivity contribution in [2.24, 2.45) is 0 Å². The van der Waals surface area contributed by atoms with Crippen LogP contribution in [0.15, 0.2) is 27.4 Å². The molecule has 0 unspecified atom stereocenters. The maximum absolute atomic E-state index is 11.3. The summed E-state index contributed by atoms with van der Waals surface area (Å²) in [6, 6.07) is 4.89. The average Bonchev–Trinajstić information content (AvgIpc) is 2.56. The number of nitrogens with one attached hydrogen (secondary N) is 1. The fourth-order valence-corrected chi connectivity index (χ4v) is 1.41. The van der Waals surface area contributed by atoms with Crippen LogP contribution < -0.4 is 5.76 Å². The minimum absolute atomic E-state index is 0.131. The summed E-state index contributed by atoms with van der Waals surface area (Å²) in [5.74, 6) is -0.969. The standard InChI is InChI=1S/C9H6ClNO3/c10-4-7(12)5-2-1-3-6-8(5)14-9(13)11-6/h1-3H,4H2,(H,11,13). The van der Waals surface area contributed by atoms with Crippen molar-refractivity contribution in [2.45, 2.75) is 0 Å². The summed E-state index contributed by atoms with van der Waals surface area (Å²) < 4.78 is 4.83. The summed E-state index contributed by atoms with van der Waals surface area (Å²) in [5.41, 5.74) is 1.10. The van der Waals surface area contributed by atoms with Gasteiger partial charge in [0.2, 0.25) is 0 Å². The van der Waals surface area contributed by atoms with Gasteiger partial charge in [-0.25, -0.2) is 4.79 Å². The van der Waals surface area contributed by atoms with E-state index in [4.69, 9.17) is 16.0 Å². The third kappa shape index (κ3) is 1.33. The summed E-state index contributed by atoms with van der Waals surface area (Å²) in [4.78, 5) is 24.7. The number of oxazole rings is 1. The Morgan fingerprint density at radius 2 is 2.29 bits per heavy atom. The predicted molar refractivity (Wildman–Crippen MR) is 51.9 cm³/mol. The number of alkyl halides is 1. The topological polar surface area (TPSA) is 63.1 Å². The Morgan fingerprint density at radius 3 is 3.00 bits per heavy atom. The van der Waals surface area contributed by atoms with E-state index in [0.29, 0.717) is 11.1 Å². The van der Waals surface area contributed by atoms with E-state index in [1.165, 1.54) is 0 Å². The number of para-hydroxylation sites is 1. The van der Waals surface area contributed by atoms with Crippen LogP contribution >= 0.6 is 11.6 Å². The lowest BCUT2D eigenvalue weighted by Gasteiger charge is -1.95. The molecule has 0 fully saturated rings. The zero-order chi connectivity index (χ0) is 10.1. The fraction of sp³-hybridized carbons (Fsp3) is 0.111. The van der Waals surface area contributed by atoms with E-state index in [9.17, 15) is 9.59 Å². The molecule has 0 amide bonds. The van der Waals surface area contributed by atoms with Gasteiger partial charge in [-0.3, -0.25) is 9.78 Å². The summed E-state index contributed by atoms with van der Waals surface area (Å²) in [6.07, 6.45) is 0. The van der Waals surface area contributed by atoms with Gasteiger partial charge in [0.05, 0.1) is 17.0 Å². The molecule has 0 aliphatic heterocycles. The van der Waals surface area contributed by atoms with Gasteiger partial charge in [-0.2, -0.15) is 0 Å². The van der Waals surface area contributed by atoms with Crippen molar-refractivity contribution >= 4 is 28.5 Å². The number of hydrogen-bond donors (Lipinski definition) is 1. The Kier molecular flexibility index (Phi) is 2.13. The normalized spacial score (nSPS) is 10.6. The third-order valence-electron chi connectivity index (χ3n) is 1.87. The summed E-state index contributed by atoms with van der Waals surface area (Å²) >= 11 is 5.41. The lowest BCUT2D eigenvalue weighted by atomic mass is 10.1. The second-order valence-electron chi connectivity index (χ2n) is 2.75. The smallest absolute Gasteiger partial charge is 0.407 e. The molecule has 72 valence electrons. The van der Waals surface area contributed by atoms with Crippen LogP contribution in [0.25, 0.3) is 11.1 Å². The monoisotopic (exact) mass is 211 g/mol. The summed E-state index contributed by atoms with van der Waals surface area (Å²) in [6.45, 7) is 0. The first-order chi connectivity index (χ1) is 6.72. The van der Waals surface area contributed by atoms with Gasteiger partial charge >= 0.3 is 5.76 Å². The molecule has 0 radical (unpaired) electrons. The van der Waals surface area contributed by atoms with Crippen LogP contribution in [-0.2, 0) is 0 Å².